The van der Waals surface area contributed by atoms with E-state index in [0.29, 0.717) is 29.7 Å². The number of hydrogen-bond acceptors (Lipinski definition) is 4. The molecule has 25 heavy (non-hydrogen) atoms. The van der Waals surface area contributed by atoms with Crippen LogP contribution in [0.3, 0.4) is 0 Å². The molecule has 0 saturated carbocycles. The molecule has 2 aromatic rings. The standard InChI is InChI=1S/C17H25N5O2.HI/c1-11-14(12(2)22(3)21-11)8-9-19-17(18)20-15-10-13(23-4)6-7-16(15)24-5;/h6-7,10H,8-9H2,1-5H3,(H3,18,19,20);1H. The Morgan fingerprint density at radius 2 is 2.00 bits per heavy atom. The summed E-state index contributed by atoms with van der Waals surface area (Å²) in [6.45, 7) is 4.65. The first-order chi connectivity index (χ1) is 11.5. The summed E-state index contributed by atoms with van der Waals surface area (Å²) in [6, 6.07) is 5.46. The Bertz CT molecular complexity index is 743. The Balaban J connectivity index is 0.00000312. The summed E-state index contributed by atoms with van der Waals surface area (Å²) in [4.78, 5) is 4.39. The average molecular weight is 459 g/mol. The first-order valence-corrected chi connectivity index (χ1v) is 7.74. The molecule has 1 aromatic heterocycles. The zero-order chi connectivity index (χ0) is 17.7. The Morgan fingerprint density at radius 3 is 2.56 bits per heavy atom. The molecule has 2 rings (SSSR count). The van der Waals surface area contributed by atoms with Gasteiger partial charge in [0.25, 0.3) is 0 Å². The van der Waals surface area contributed by atoms with Crippen molar-refractivity contribution in [1.82, 2.24) is 9.78 Å². The SMILES string of the molecule is COc1ccc(OC)c(NC(N)=NCCc2c(C)nn(C)c2C)c1.I. The summed E-state index contributed by atoms with van der Waals surface area (Å²) in [5.41, 5.74) is 10.1. The van der Waals surface area contributed by atoms with Crippen molar-refractivity contribution in [2.75, 3.05) is 26.1 Å². The van der Waals surface area contributed by atoms with Crippen molar-refractivity contribution in [3.8, 4) is 11.5 Å². The number of aliphatic imine (C=N–C) groups is 1. The van der Waals surface area contributed by atoms with Gasteiger partial charge < -0.3 is 20.5 Å². The van der Waals surface area contributed by atoms with Crippen LogP contribution in [0, 0.1) is 13.8 Å². The van der Waals surface area contributed by atoms with Crippen LogP contribution in [-0.4, -0.2) is 36.5 Å². The predicted octanol–water partition coefficient (Wildman–Crippen LogP) is 2.64. The molecule has 0 radical (unpaired) electrons. The Kier molecular flexibility index (Phi) is 8.01. The second kappa shape index (κ2) is 9.50. The molecule has 0 bridgehead atoms. The number of rotatable bonds is 6. The summed E-state index contributed by atoms with van der Waals surface area (Å²) in [6.07, 6.45) is 0.795. The molecule has 8 heteroatoms. The molecule has 1 heterocycles. The zero-order valence-electron chi connectivity index (χ0n) is 15.3. The van der Waals surface area contributed by atoms with Gasteiger partial charge >= 0.3 is 0 Å². The highest BCUT2D eigenvalue weighted by Gasteiger charge is 2.09. The molecule has 0 fully saturated rings. The van der Waals surface area contributed by atoms with Crippen molar-refractivity contribution in [2.45, 2.75) is 20.3 Å². The minimum Gasteiger partial charge on any atom is -0.497 e. The number of methoxy groups -OCH3 is 2. The van der Waals surface area contributed by atoms with Crippen LogP contribution in [0.15, 0.2) is 23.2 Å². The lowest BCUT2D eigenvalue weighted by atomic mass is 10.1. The van der Waals surface area contributed by atoms with Crippen LogP contribution < -0.4 is 20.5 Å². The van der Waals surface area contributed by atoms with Gasteiger partial charge in [0, 0.05) is 25.4 Å². The number of anilines is 1. The van der Waals surface area contributed by atoms with E-state index in [0.717, 1.165) is 17.8 Å². The maximum Gasteiger partial charge on any atom is 0.193 e. The van der Waals surface area contributed by atoms with Gasteiger partial charge in [0.15, 0.2) is 5.96 Å². The third-order valence-corrected chi connectivity index (χ3v) is 3.97. The molecule has 0 unspecified atom stereocenters. The largest absolute Gasteiger partial charge is 0.497 e. The van der Waals surface area contributed by atoms with Gasteiger partial charge in [-0.25, -0.2) is 0 Å². The molecule has 0 aliphatic heterocycles. The van der Waals surface area contributed by atoms with Crippen molar-refractivity contribution in [3.63, 3.8) is 0 Å². The molecule has 0 saturated heterocycles. The maximum absolute atomic E-state index is 5.99. The van der Waals surface area contributed by atoms with E-state index in [4.69, 9.17) is 15.2 Å². The summed E-state index contributed by atoms with van der Waals surface area (Å²) in [5, 5.41) is 7.47. The number of nitrogens with one attached hydrogen (secondary N) is 1. The van der Waals surface area contributed by atoms with E-state index in [9.17, 15) is 0 Å². The second-order valence-electron chi connectivity index (χ2n) is 5.48. The molecular formula is C17H26IN5O2. The first-order valence-electron chi connectivity index (χ1n) is 7.74. The smallest absolute Gasteiger partial charge is 0.193 e. The number of benzene rings is 1. The Hall–Kier alpha value is -1.97. The van der Waals surface area contributed by atoms with Crippen LogP contribution >= 0.6 is 24.0 Å². The maximum atomic E-state index is 5.99. The van der Waals surface area contributed by atoms with Crippen molar-refractivity contribution < 1.29 is 9.47 Å². The molecule has 138 valence electrons. The number of hydrogen-bond donors (Lipinski definition) is 2. The first kappa shape index (κ1) is 21.1. The highest BCUT2D eigenvalue weighted by atomic mass is 127. The van der Waals surface area contributed by atoms with Crippen LogP contribution in [0.4, 0.5) is 5.69 Å². The van der Waals surface area contributed by atoms with Crippen LogP contribution in [0.25, 0.3) is 0 Å². The van der Waals surface area contributed by atoms with E-state index >= 15 is 0 Å². The molecule has 1 aromatic carbocycles. The van der Waals surface area contributed by atoms with Gasteiger partial charge in [0.1, 0.15) is 11.5 Å². The van der Waals surface area contributed by atoms with E-state index in [-0.39, 0.29) is 24.0 Å². The van der Waals surface area contributed by atoms with E-state index in [1.54, 1.807) is 14.2 Å². The summed E-state index contributed by atoms with van der Waals surface area (Å²) < 4.78 is 12.4. The lowest BCUT2D eigenvalue weighted by Gasteiger charge is -2.12. The molecule has 7 nitrogen and oxygen atoms in total. The Labute approximate surface area is 165 Å². The topological polar surface area (TPSA) is 86.7 Å². The van der Waals surface area contributed by atoms with E-state index < -0.39 is 0 Å². The number of aryl methyl sites for hydroxylation is 2. The fourth-order valence-electron chi connectivity index (χ4n) is 2.56. The third kappa shape index (κ3) is 5.25. The highest BCUT2D eigenvalue weighted by molar-refractivity contribution is 14.0. The van der Waals surface area contributed by atoms with E-state index in [1.165, 1.54) is 5.56 Å². The van der Waals surface area contributed by atoms with Crippen LogP contribution in [0.1, 0.15) is 17.0 Å². The molecule has 0 aliphatic rings. The molecule has 0 spiro atoms. The highest BCUT2D eigenvalue weighted by Crippen LogP contribution is 2.28. The van der Waals surface area contributed by atoms with Gasteiger partial charge in [-0.15, -0.1) is 24.0 Å². The summed E-state index contributed by atoms with van der Waals surface area (Å²) in [7, 11) is 5.16. The van der Waals surface area contributed by atoms with Crippen molar-refractivity contribution in [1.29, 1.82) is 0 Å². The molecular weight excluding hydrogens is 433 g/mol. The summed E-state index contributed by atoms with van der Waals surface area (Å²) in [5.74, 6) is 1.72. The number of nitrogens with two attached hydrogens (primary N) is 1. The quantitative estimate of drug-likeness (QED) is 0.394. The minimum atomic E-state index is 0. The van der Waals surface area contributed by atoms with Gasteiger partial charge in [-0.3, -0.25) is 9.67 Å². The van der Waals surface area contributed by atoms with Crippen LogP contribution in [-0.2, 0) is 13.5 Å². The second-order valence-corrected chi connectivity index (χ2v) is 5.48. The number of halogens is 1. The lowest BCUT2D eigenvalue weighted by molar-refractivity contribution is 0.405. The minimum absolute atomic E-state index is 0. The molecule has 3 N–H and O–H groups in total. The number of guanidine groups is 1. The van der Waals surface area contributed by atoms with Crippen LogP contribution in [0.5, 0.6) is 11.5 Å². The van der Waals surface area contributed by atoms with Crippen molar-refractivity contribution in [3.05, 3.63) is 35.2 Å². The number of ether oxygens (including phenoxy) is 2. The van der Waals surface area contributed by atoms with Gasteiger partial charge in [0.05, 0.1) is 25.6 Å². The normalized spacial score (nSPS) is 11.0. The van der Waals surface area contributed by atoms with Crippen molar-refractivity contribution >= 4 is 35.6 Å². The summed E-state index contributed by atoms with van der Waals surface area (Å²) >= 11 is 0. The lowest BCUT2D eigenvalue weighted by Crippen LogP contribution is -2.23. The van der Waals surface area contributed by atoms with Gasteiger partial charge in [0.2, 0.25) is 0 Å². The van der Waals surface area contributed by atoms with E-state index in [2.05, 4.69) is 22.3 Å². The van der Waals surface area contributed by atoms with E-state index in [1.807, 2.05) is 36.9 Å². The fraction of sp³-hybridized carbons (Fsp3) is 0.412. The fourth-order valence-corrected chi connectivity index (χ4v) is 2.56. The average Bonchev–Trinajstić information content (AvgIpc) is 2.80. The van der Waals surface area contributed by atoms with Gasteiger partial charge in [-0.05, 0) is 38.0 Å². The monoisotopic (exact) mass is 459 g/mol. The molecule has 0 atom stereocenters. The van der Waals surface area contributed by atoms with Gasteiger partial charge in [-0.1, -0.05) is 0 Å². The predicted molar refractivity (Wildman–Crippen MR) is 111 cm³/mol. The molecule has 0 amide bonds. The molecule has 0 aliphatic carbocycles. The van der Waals surface area contributed by atoms with Crippen LogP contribution in [0.2, 0.25) is 0 Å². The third-order valence-electron chi connectivity index (χ3n) is 3.97. The number of aromatic nitrogens is 2. The van der Waals surface area contributed by atoms with Gasteiger partial charge in [-0.2, -0.15) is 5.10 Å². The zero-order valence-corrected chi connectivity index (χ0v) is 17.6. The Morgan fingerprint density at radius 1 is 1.28 bits per heavy atom. The number of nitrogens with zero attached hydrogens (tertiary/aromatic N) is 3. The van der Waals surface area contributed by atoms with Crippen molar-refractivity contribution in [2.24, 2.45) is 17.8 Å².